The molecule has 0 radical (unpaired) electrons. The Bertz CT molecular complexity index is 457. The summed E-state index contributed by atoms with van der Waals surface area (Å²) in [6.45, 7) is 3.60. The number of piperazine rings is 1. The fourth-order valence-corrected chi connectivity index (χ4v) is 5.48. The summed E-state index contributed by atoms with van der Waals surface area (Å²) in [5.74, 6) is -0.898. The van der Waals surface area contributed by atoms with Crippen LogP contribution in [0.3, 0.4) is 0 Å². The van der Waals surface area contributed by atoms with Crippen molar-refractivity contribution in [3.63, 3.8) is 0 Å². The van der Waals surface area contributed by atoms with Gasteiger partial charge < -0.3 is 10.1 Å². The minimum absolute atomic E-state index is 0. The molecule has 0 bridgehead atoms. The van der Waals surface area contributed by atoms with Crippen LogP contribution < -0.4 is 5.32 Å². The first-order chi connectivity index (χ1) is 9.46. The van der Waals surface area contributed by atoms with Crippen LogP contribution in [0.25, 0.3) is 0 Å². The van der Waals surface area contributed by atoms with E-state index in [1.165, 1.54) is 7.11 Å². The van der Waals surface area contributed by atoms with E-state index < -0.39 is 21.2 Å². The molecule has 0 amide bonds. The zero-order valence-corrected chi connectivity index (χ0v) is 14.2. The number of ether oxygens (including phenoxy) is 1. The van der Waals surface area contributed by atoms with Gasteiger partial charge in [0.25, 0.3) is 0 Å². The van der Waals surface area contributed by atoms with Crippen molar-refractivity contribution in [2.75, 3.05) is 26.7 Å². The maximum absolute atomic E-state index is 12.8. The van der Waals surface area contributed by atoms with Crippen molar-refractivity contribution in [3.05, 3.63) is 0 Å². The molecule has 1 saturated heterocycles. The molecule has 2 aliphatic rings. The van der Waals surface area contributed by atoms with Gasteiger partial charge in [0.15, 0.2) is 0 Å². The largest absolute Gasteiger partial charge is 0.469 e. The van der Waals surface area contributed by atoms with E-state index in [4.69, 9.17) is 4.74 Å². The van der Waals surface area contributed by atoms with E-state index in [-0.39, 0.29) is 24.4 Å². The van der Waals surface area contributed by atoms with Crippen LogP contribution in [-0.2, 0) is 19.6 Å². The lowest BCUT2D eigenvalue weighted by atomic mass is 9.89. The molecule has 1 aliphatic carbocycles. The standard InChI is InChI=1S/C13H24N2O4S.ClH/c1-10-9-15(8-7-14-10)20(17,18)12-6-4-3-5-11(12)13(16)19-2;/h10-12,14H,3-9H2,1-2H3;1H. The van der Waals surface area contributed by atoms with Crippen LogP contribution in [0.5, 0.6) is 0 Å². The third-order valence-electron chi connectivity index (χ3n) is 4.28. The minimum atomic E-state index is -3.43. The summed E-state index contributed by atoms with van der Waals surface area (Å²) in [5.41, 5.74) is 0. The number of halogens is 1. The molecule has 2 rings (SSSR count). The molecule has 1 aliphatic heterocycles. The second-order valence-corrected chi connectivity index (χ2v) is 7.86. The fourth-order valence-electron chi connectivity index (χ4n) is 3.19. The van der Waals surface area contributed by atoms with Gasteiger partial charge in [-0.25, -0.2) is 8.42 Å². The van der Waals surface area contributed by atoms with E-state index in [1.807, 2.05) is 6.92 Å². The number of carbonyl (C=O) groups excluding carboxylic acids is 1. The Hall–Kier alpha value is -0.370. The number of hydrogen-bond donors (Lipinski definition) is 1. The van der Waals surface area contributed by atoms with E-state index in [1.54, 1.807) is 4.31 Å². The molecule has 1 N–H and O–H groups in total. The molecule has 0 aromatic heterocycles. The van der Waals surface area contributed by atoms with Gasteiger partial charge in [-0.2, -0.15) is 4.31 Å². The van der Waals surface area contributed by atoms with Crippen LogP contribution in [-0.4, -0.2) is 56.7 Å². The minimum Gasteiger partial charge on any atom is -0.469 e. The summed E-state index contributed by atoms with van der Waals surface area (Å²) in [6, 6.07) is 0.152. The third-order valence-corrected chi connectivity index (χ3v) is 6.66. The molecule has 124 valence electrons. The van der Waals surface area contributed by atoms with Crippen LogP contribution >= 0.6 is 12.4 Å². The second-order valence-electron chi connectivity index (χ2n) is 5.71. The maximum atomic E-state index is 12.8. The van der Waals surface area contributed by atoms with Gasteiger partial charge in [-0.3, -0.25) is 4.79 Å². The van der Waals surface area contributed by atoms with Gasteiger partial charge >= 0.3 is 5.97 Å². The smallest absolute Gasteiger partial charge is 0.310 e. The lowest BCUT2D eigenvalue weighted by Crippen LogP contribution is -2.55. The molecule has 0 aromatic carbocycles. The van der Waals surface area contributed by atoms with Gasteiger partial charge in [0.2, 0.25) is 10.0 Å². The number of esters is 1. The van der Waals surface area contributed by atoms with Crippen LogP contribution in [0.2, 0.25) is 0 Å². The van der Waals surface area contributed by atoms with E-state index in [9.17, 15) is 13.2 Å². The van der Waals surface area contributed by atoms with Gasteiger partial charge in [-0.05, 0) is 19.8 Å². The Morgan fingerprint density at radius 2 is 1.95 bits per heavy atom. The van der Waals surface area contributed by atoms with Crippen LogP contribution in [0.4, 0.5) is 0 Å². The number of rotatable bonds is 3. The van der Waals surface area contributed by atoms with E-state index >= 15 is 0 Å². The predicted molar refractivity (Wildman–Crippen MR) is 83.0 cm³/mol. The van der Waals surface area contributed by atoms with E-state index in [2.05, 4.69) is 5.32 Å². The summed E-state index contributed by atoms with van der Waals surface area (Å²) in [7, 11) is -2.10. The summed E-state index contributed by atoms with van der Waals surface area (Å²) in [6.07, 6.45) is 2.92. The maximum Gasteiger partial charge on any atom is 0.310 e. The van der Waals surface area contributed by atoms with Crippen LogP contribution in [0, 0.1) is 5.92 Å². The summed E-state index contributed by atoms with van der Waals surface area (Å²) in [4.78, 5) is 11.9. The Kier molecular flexibility index (Phi) is 6.90. The molecular weight excluding hydrogens is 316 g/mol. The Morgan fingerprint density at radius 3 is 2.57 bits per heavy atom. The van der Waals surface area contributed by atoms with Gasteiger partial charge in [0, 0.05) is 25.7 Å². The van der Waals surface area contributed by atoms with Gasteiger partial charge in [0.05, 0.1) is 18.3 Å². The molecular formula is C13H25ClN2O4S. The lowest BCUT2D eigenvalue weighted by molar-refractivity contribution is -0.146. The van der Waals surface area contributed by atoms with Crippen molar-refractivity contribution >= 4 is 28.4 Å². The van der Waals surface area contributed by atoms with Crippen LogP contribution in [0.1, 0.15) is 32.6 Å². The van der Waals surface area contributed by atoms with Gasteiger partial charge in [0.1, 0.15) is 0 Å². The molecule has 8 heteroatoms. The molecule has 1 heterocycles. The van der Waals surface area contributed by atoms with Crippen molar-refractivity contribution in [1.29, 1.82) is 0 Å². The summed E-state index contributed by atoms with van der Waals surface area (Å²) in [5, 5.41) is 2.62. The highest BCUT2D eigenvalue weighted by Gasteiger charge is 2.43. The van der Waals surface area contributed by atoms with Gasteiger partial charge in [-0.15, -0.1) is 12.4 Å². The Labute approximate surface area is 133 Å². The van der Waals surface area contributed by atoms with E-state index in [0.29, 0.717) is 32.5 Å². The molecule has 3 unspecified atom stereocenters. The second kappa shape index (κ2) is 7.76. The highest BCUT2D eigenvalue weighted by molar-refractivity contribution is 7.89. The van der Waals surface area contributed by atoms with Gasteiger partial charge in [-0.1, -0.05) is 12.8 Å². The highest BCUT2D eigenvalue weighted by Crippen LogP contribution is 2.32. The van der Waals surface area contributed by atoms with Crippen molar-refractivity contribution in [2.24, 2.45) is 5.92 Å². The number of methoxy groups -OCH3 is 1. The molecule has 21 heavy (non-hydrogen) atoms. The number of hydrogen-bond acceptors (Lipinski definition) is 5. The lowest BCUT2D eigenvalue weighted by Gasteiger charge is -2.37. The monoisotopic (exact) mass is 340 g/mol. The zero-order chi connectivity index (χ0) is 14.8. The molecule has 6 nitrogen and oxygen atoms in total. The molecule has 0 spiro atoms. The molecule has 1 saturated carbocycles. The quantitative estimate of drug-likeness (QED) is 0.768. The number of nitrogens with zero attached hydrogens (tertiary/aromatic N) is 1. The van der Waals surface area contributed by atoms with Crippen molar-refractivity contribution in [3.8, 4) is 0 Å². The summed E-state index contributed by atoms with van der Waals surface area (Å²) >= 11 is 0. The first kappa shape index (κ1) is 18.7. The van der Waals surface area contributed by atoms with Crippen molar-refractivity contribution < 1.29 is 17.9 Å². The first-order valence-corrected chi connectivity index (χ1v) is 8.77. The van der Waals surface area contributed by atoms with Crippen molar-refractivity contribution in [1.82, 2.24) is 9.62 Å². The average molecular weight is 341 g/mol. The molecule has 2 fully saturated rings. The third kappa shape index (κ3) is 4.09. The average Bonchev–Trinajstić information content (AvgIpc) is 2.46. The predicted octanol–water partition coefficient (Wildman–Crippen LogP) is 0.763. The number of carbonyl (C=O) groups is 1. The van der Waals surface area contributed by atoms with Crippen molar-refractivity contribution in [2.45, 2.75) is 43.9 Å². The van der Waals surface area contributed by atoms with Crippen LogP contribution in [0.15, 0.2) is 0 Å². The number of nitrogens with one attached hydrogen (secondary N) is 1. The summed E-state index contributed by atoms with van der Waals surface area (Å²) < 4.78 is 31.9. The topological polar surface area (TPSA) is 75.7 Å². The Balaban J connectivity index is 0.00000220. The molecule has 3 atom stereocenters. The normalized spacial score (nSPS) is 31.2. The fraction of sp³-hybridized carbons (Fsp3) is 0.923. The first-order valence-electron chi connectivity index (χ1n) is 7.27. The molecule has 0 aromatic rings. The van der Waals surface area contributed by atoms with E-state index in [0.717, 1.165) is 12.8 Å². The highest BCUT2D eigenvalue weighted by atomic mass is 35.5. The Morgan fingerprint density at radius 1 is 1.29 bits per heavy atom. The SMILES string of the molecule is COC(=O)C1CCCCC1S(=O)(=O)N1CCNC(C)C1.Cl. The zero-order valence-electron chi connectivity index (χ0n) is 12.6. The number of sulfonamides is 1.